The lowest BCUT2D eigenvalue weighted by molar-refractivity contribution is 0.0898. The molecule has 4 heteroatoms. The van der Waals surface area contributed by atoms with Crippen LogP contribution in [-0.2, 0) is 17.7 Å². The molecule has 102 valence electrons. The first kappa shape index (κ1) is 12.6. The van der Waals surface area contributed by atoms with Crippen molar-refractivity contribution in [2.45, 2.75) is 44.9 Å². The third-order valence-electron chi connectivity index (χ3n) is 3.91. The number of nitrogens with zero attached hydrogens (tertiary/aromatic N) is 2. The molecule has 1 aromatic heterocycles. The van der Waals surface area contributed by atoms with Crippen molar-refractivity contribution < 1.29 is 4.74 Å². The molecule has 19 heavy (non-hydrogen) atoms. The smallest absolute Gasteiger partial charge is 0.0730 e. The largest absolute Gasteiger partial charge is 0.377 e. The van der Waals surface area contributed by atoms with Gasteiger partial charge in [0.25, 0.3) is 0 Å². The van der Waals surface area contributed by atoms with Crippen LogP contribution < -0.4 is 5.73 Å². The fraction of sp³-hybridized carbons (Fsp3) is 0.533. The fourth-order valence-corrected chi connectivity index (χ4v) is 2.88. The van der Waals surface area contributed by atoms with Crippen LogP contribution in [0.3, 0.4) is 0 Å². The van der Waals surface area contributed by atoms with Crippen LogP contribution in [0.15, 0.2) is 24.3 Å². The van der Waals surface area contributed by atoms with Crippen molar-refractivity contribution >= 4 is 10.9 Å². The Labute approximate surface area is 113 Å². The van der Waals surface area contributed by atoms with E-state index < -0.39 is 0 Å². The molecule has 1 aliphatic rings. The zero-order chi connectivity index (χ0) is 13.2. The molecule has 1 aromatic carbocycles. The summed E-state index contributed by atoms with van der Waals surface area (Å²) in [5.41, 5.74) is 8.57. The van der Waals surface area contributed by atoms with Crippen LogP contribution in [0.4, 0.5) is 0 Å². The van der Waals surface area contributed by atoms with Crippen LogP contribution in [0.25, 0.3) is 10.9 Å². The Kier molecular flexibility index (Phi) is 3.53. The second-order valence-corrected chi connectivity index (χ2v) is 5.20. The molecule has 4 nitrogen and oxygen atoms in total. The molecule has 2 N–H and O–H groups in total. The Morgan fingerprint density at radius 2 is 2.32 bits per heavy atom. The minimum atomic E-state index is 0.0473. The standard InChI is InChI=1S/C15H21N3O/c1-2-18-14-7-4-3-6-11(14)13(17-18)10-12(16)15-8-5-9-19-15/h3-4,6-7,12,15H,2,5,8-10,16H2,1H3. The van der Waals surface area contributed by atoms with Crippen LogP contribution in [0.1, 0.15) is 25.5 Å². The molecule has 1 fully saturated rings. The maximum atomic E-state index is 6.28. The van der Waals surface area contributed by atoms with Crippen molar-refractivity contribution in [3.05, 3.63) is 30.0 Å². The van der Waals surface area contributed by atoms with Crippen molar-refractivity contribution in [1.82, 2.24) is 9.78 Å². The van der Waals surface area contributed by atoms with Gasteiger partial charge in [0, 0.05) is 31.0 Å². The Hall–Kier alpha value is -1.39. The number of ether oxygens (including phenoxy) is 1. The van der Waals surface area contributed by atoms with Crippen LogP contribution in [0, 0.1) is 0 Å². The Balaban J connectivity index is 1.87. The number of fused-ring (bicyclic) bond motifs is 1. The van der Waals surface area contributed by atoms with E-state index in [2.05, 4.69) is 31.2 Å². The van der Waals surface area contributed by atoms with E-state index in [1.807, 2.05) is 4.68 Å². The molecule has 0 amide bonds. The number of nitrogens with two attached hydrogens (primary N) is 1. The third kappa shape index (κ3) is 2.38. The molecule has 1 saturated heterocycles. The lowest BCUT2D eigenvalue weighted by atomic mass is 10.0. The summed E-state index contributed by atoms with van der Waals surface area (Å²) in [6, 6.07) is 8.41. The van der Waals surface area contributed by atoms with Gasteiger partial charge in [0.15, 0.2) is 0 Å². The molecule has 0 aliphatic carbocycles. The summed E-state index contributed by atoms with van der Waals surface area (Å²) in [6.07, 6.45) is 3.19. The maximum absolute atomic E-state index is 6.28. The highest BCUT2D eigenvalue weighted by Crippen LogP contribution is 2.22. The number of aromatic nitrogens is 2. The van der Waals surface area contributed by atoms with Crippen molar-refractivity contribution in [1.29, 1.82) is 0 Å². The summed E-state index contributed by atoms with van der Waals surface area (Å²) in [5, 5.41) is 5.92. The van der Waals surface area contributed by atoms with Crippen molar-refractivity contribution in [2.24, 2.45) is 5.73 Å². The topological polar surface area (TPSA) is 53.1 Å². The Morgan fingerprint density at radius 3 is 3.05 bits per heavy atom. The SMILES string of the molecule is CCn1nc(CC(N)C2CCCO2)c2ccccc21. The number of benzene rings is 1. The molecule has 2 unspecified atom stereocenters. The summed E-state index contributed by atoms with van der Waals surface area (Å²) in [6.45, 7) is 3.85. The molecule has 0 saturated carbocycles. The van der Waals surface area contributed by atoms with Crippen molar-refractivity contribution in [2.75, 3.05) is 6.61 Å². The number of hydrogen-bond donors (Lipinski definition) is 1. The summed E-state index contributed by atoms with van der Waals surface area (Å²) < 4.78 is 7.72. The molecular formula is C15H21N3O. The van der Waals surface area contributed by atoms with Gasteiger partial charge >= 0.3 is 0 Å². The van der Waals surface area contributed by atoms with Gasteiger partial charge in [-0.3, -0.25) is 4.68 Å². The summed E-state index contributed by atoms with van der Waals surface area (Å²) in [5.74, 6) is 0. The molecule has 2 atom stereocenters. The molecule has 0 radical (unpaired) electrons. The van der Waals surface area contributed by atoms with Gasteiger partial charge in [-0.2, -0.15) is 5.10 Å². The average molecular weight is 259 g/mol. The summed E-state index contributed by atoms with van der Waals surface area (Å²) >= 11 is 0. The lowest BCUT2D eigenvalue weighted by Crippen LogP contribution is -2.36. The van der Waals surface area contributed by atoms with Crippen LogP contribution in [0.2, 0.25) is 0 Å². The van der Waals surface area contributed by atoms with Crippen molar-refractivity contribution in [3.8, 4) is 0 Å². The molecule has 3 rings (SSSR count). The molecule has 1 aliphatic heterocycles. The minimum Gasteiger partial charge on any atom is -0.377 e. The monoisotopic (exact) mass is 259 g/mol. The van der Waals surface area contributed by atoms with Gasteiger partial charge < -0.3 is 10.5 Å². The second-order valence-electron chi connectivity index (χ2n) is 5.20. The Bertz CT molecular complexity index is 558. The zero-order valence-corrected chi connectivity index (χ0v) is 11.4. The maximum Gasteiger partial charge on any atom is 0.0730 e. The molecule has 0 bridgehead atoms. The Morgan fingerprint density at radius 1 is 1.47 bits per heavy atom. The molecule has 2 aromatic rings. The van der Waals surface area contributed by atoms with E-state index >= 15 is 0 Å². The predicted octanol–water partition coefficient (Wildman–Crippen LogP) is 2.10. The molecular weight excluding hydrogens is 238 g/mol. The molecule has 0 spiro atoms. The fourth-order valence-electron chi connectivity index (χ4n) is 2.88. The quantitative estimate of drug-likeness (QED) is 0.915. The van der Waals surface area contributed by atoms with E-state index in [1.54, 1.807) is 0 Å². The van der Waals surface area contributed by atoms with Gasteiger partial charge in [0.1, 0.15) is 0 Å². The van der Waals surface area contributed by atoms with Gasteiger partial charge in [-0.15, -0.1) is 0 Å². The normalized spacial score (nSPS) is 21.1. The minimum absolute atomic E-state index is 0.0473. The second kappa shape index (κ2) is 5.31. The summed E-state index contributed by atoms with van der Waals surface area (Å²) in [7, 11) is 0. The van der Waals surface area contributed by atoms with Crippen LogP contribution in [-0.4, -0.2) is 28.5 Å². The predicted molar refractivity (Wildman–Crippen MR) is 76.1 cm³/mol. The van der Waals surface area contributed by atoms with Gasteiger partial charge in [0.05, 0.1) is 17.3 Å². The lowest BCUT2D eigenvalue weighted by Gasteiger charge is -2.17. The van der Waals surface area contributed by atoms with Crippen molar-refractivity contribution in [3.63, 3.8) is 0 Å². The summed E-state index contributed by atoms with van der Waals surface area (Å²) in [4.78, 5) is 0. The van der Waals surface area contributed by atoms with Gasteiger partial charge in [-0.1, -0.05) is 18.2 Å². The van der Waals surface area contributed by atoms with E-state index in [1.165, 1.54) is 10.9 Å². The third-order valence-corrected chi connectivity index (χ3v) is 3.91. The highest BCUT2D eigenvalue weighted by Gasteiger charge is 2.24. The highest BCUT2D eigenvalue weighted by molar-refractivity contribution is 5.82. The van der Waals surface area contributed by atoms with Gasteiger partial charge in [-0.25, -0.2) is 0 Å². The van der Waals surface area contributed by atoms with E-state index in [4.69, 9.17) is 15.6 Å². The zero-order valence-electron chi connectivity index (χ0n) is 11.4. The first-order valence-corrected chi connectivity index (χ1v) is 7.11. The van der Waals surface area contributed by atoms with Crippen LogP contribution >= 0.6 is 0 Å². The van der Waals surface area contributed by atoms with E-state index in [0.717, 1.165) is 38.1 Å². The van der Waals surface area contributed by atoms with Crippen LogP contribution in [0.5, 0.6) is 0 Å². The highest BCUT2D eigenvalue weighted by atomic mass is 16.5. The van der Waals surface area contributed by atoms with E-state index in [-0.39, 0.29) is 12.1 Å². The average Bonchev–Trinajstić information content (AvgIpc) is 3.07. The molecule has 2 heterocycles. The number of hydrogen-bond acceptors (Lipinski definition) is 3. The first-order chi connectivity index (χ1) is 9.29. The van der Waals surface area contributed by atoms with E-state index in [9.17, 15) is 0 Å². The number of rotatable bonds is 4. The van der Waals surface area contributed by atoms with E-state index in [0.29, 0.717) is 0 Å². The number of aryl methyl sites for hydroxylation is 1. The van der Waals surface area contributed by atoms with Gasteiger partial charge in [-0.05, 0) is 25.8 Å². The number of para-hydroxylation sites is 1. The first-order valence-electron chi connectivity index (χ1n) is 7.11. The van der Waals surface area contributed by atoms with Gasteiger partial charge in [0.2, 0.25) is 0 Å².